The molecule has 0 aromatic carbocycles. The quantitative estimate of drug-likeness (QED) is 0.902. The van der Waals surface area contributed by atoms with E-state index in [0.717, 1.165) is 50.4 Å². The number of rotatable bonds is 2. The molecule has 0 saturated carbocycles. The Hall–Kier alpha value is -1.88. The van der Waals surface area contributed by atoms with Gasteiger partial charge in [-0.15, -0.1) is 0 Å². The molecular formula is C16H22N4O. The van der Waals surface area contributed by atoms with Gasteiger partial charge in [-0.05, 0) is 38.4 Å². The third kappa shape index (κ3) is 2.65. The van der Waals surface area contributed by atoms with Crippen LogP contribution in [0.1, 0.15) is 41.3 Å². The number of carbonyl (C=O) groups is 1. The van der Waals surface area contributed by atoms with Crippen LogP contribution in [0.3, 0.4) is 0 Å². The standard InChI is InChI=1S/C16H22N4O/c1-17-16(21)14-13-11-19(2)9-6-10-20(13)15(18-14)12-7-4-3-5-8-12/h3-4,7H,5-6,8-11H2,1-2H3,(H,17,21). The molecule has 3 rings (SSSR count). The van der Waals surface area contributed by atoms with Crippen molar-refractivity contribution in [2.24, 2.45) is 0 Å². The predicted octanol–water partition coefficient (Wildman–Crippen LogP) is 1.81. The highest BCUT2D eigenvalue weighted by molar-refractivity contribution is 5.94. The Morgan fingerprint density at radius 2 is 2.24 bits per heavy atom. The fraction of sp³-hybridized carbons (Fsp3) is 0.500. The van der Waals surface area contributed by atoms with Gasteiger partial charge in [0.2, 0.25) is 0 Å². The van der Waals surface area contributed by atoms with E-state index in [1.54, 1.807) is 7.05 Å². The number of imidazole rings is 1. The van der Waals surface area contributed by atoms with Crippen molar-refractivity contribution in [1.82, 2.24) is 19.8 Å². The van der Waals surface area contributed by atoms with E-state index in [1.807, 2.05) is 0 Å². The van der Waals surface area contributed by atoms with Crippen LogP contribution < -0.4 is 5.32 Å². The Balaban J connectivity index is 2.10. The van der Waals surface area contributed by atoms with E-state index >= 15 is 0 Å². The molecule has 1 aromatic heterocycles. The first-order valence-corrected chi connectivity index (χ1v) is 7.57. The molecule has 5 heteroatoms. The largest absolute Gasteiger partial charge is 0.354 e. The van der Waals surface area contributed by atoms with Crippen molar-refractivity contribution in [3.05, 3.63) is 35.4 Å². The van der Waals surface area contributed by atoms with Gasteiger partial charge >= 0.3 is 0 Å². The van der Waals surface area contributed by atoms with E-state index in [0.29, 0.717) is 5.69 Å². The topological polar surface area (TPSA) is 50.2 Å². The monoisotopic (exact) mass is 286 g/mol. The lowest BCUT2D eigenvalue weighted by molar-refractivity contribution is 0.0956. The Bertz CT molecular complexity index is 612. The molecule has 0 radical (unpaired) electrons. The van der Waals surface area contributed by atoms with Gasteiger partial charge in [-0.25, -0.2) is 4.98 Å². The number of nitrogens with one attached hydrogen (secondary N) is 1. The molecule has 0 bridgehead atoms. The summed E-state index contributed by atoms with van der Waals surface area (Å²) in [7, 11) is 3.76. The van der Waals surface area contributed by atoms with Crippen LogP contribution in [0.15, 0.2) is 18.2 Å². The van der Waals surface area contributed by atoms with Crippen LogP contribution in [0, 0.1) is 0 Å². The van der Waals surface area contributed by atoms with E-state index in [2.05, 4.69) is 45.0 Å². The molecule has 1 amide bonds. The minimum atomic E-state index is -0.0905. The van der Waals surface area contributed by atoms with Crippen LogP contribution in [-0.4, -0.2) is 41.0 Å². The minimum Gasteiger partial charge on any atom is -0.354 e. The highest BCUT2D eigenvalue weighted by Crippen LogP contribution is 2.27. The molecule has 112 valence electrons. The fourth-order valence-electron chi connectivity index (χ4n) is 3.06. The predicted molar refractivity (Wildman–Crippen MR) is 82.9 cm³/mol. The van der Waals surface area contributed by atoms with Gasteiger partial charge in [-0.1, -0.05) is 18.2 Å². The molecule has 1 aromatic rings. The van der Waals surface area contributed by atoms with Crippen molar-refractivity contribution >= 4 is 11.5 Å². The van der Waals surface area contributed by atoms with Gasteiger partial charge in [-0.3, -0.25) is 4.79 Å². The molecule has 0 unspecified atom stereocenters. The van der Waals surface area contributed by atoms with Crippen molar-refractivity contribution in [3.8, 4) is 0 Å². The van der Waals surface area contributed by atoms with Crippen LogP contribution in [-0.2, 0) is 13.1 Å². The summed E-state index contributed by atoms with van der Waals surface area (Å²) >= 11 is 0. The SMILES string of the molecule is CNC(=O)c1nc(C2=CC=CCC2)n2c1CN(C)CCC2. The number of carbonyl (C=O) groups excluding carboxylic acids is 1. The molecule has 2 heterocycles. The summed E-state index contributed by atoms with van der Waals surface area (Å²) in [4.78, 5) is 19.1. The number of hydrogen-bond acceptors (Lipinski definition) is 3. The van der Waals surface area contributed by atoms with Gasteiger partial charge < -0.3 is 14.8 Å². The molecule has 0 spiro atoms. The summed E-state index contributed by atoms with van der Waals surface area (Å²) in [5, 5.41) is 2.72. The van der Waals surface area contributed by atoms with Crippen molar-refractivity contribution in [2.45, 2.75) is 32.4 Å². The highest BCUT2D eigenvalue weighted by Gasteiger charge is 2.25. The van der Waals surface area contributed by atoms with E-state index < -0.39 is 0 Å². The molecule has 0 saturated heterocycles. The number of aromatic nitrogens is 2. The van der Waals surface area contributed by atoms with Gasteiger partial charge in [0.15, 0.2) is 5.69 Å². The van der Waals surface area contributed by atoms with Crippen molar-refractivity contribution in [1.29, 1.82) is 0 Å². The number of nitrogens with zero attached hydrogens (tertiary/aromatic N) is 3. The lowest BCUT2D eigenvalue weighted by Gasteiger charge is -2.13. The van der Waals surface area contributed by atoms with Crippen LogP contribution in [0.2, 0.25) is 0 Å². The molecule has 2 aliphatic rings. The second-order valence-electron chi connectivity index (χ2n) is 5.71. The molecule has 5 nitrogen and oxygen atoms in total. The molecule has 0 atom stereocenters. The number of hydrogen-bond donors (Lipinski definition) is 1. The first-order chi connectivity index (χ1) is 10.2. The van der Waals surface area contributed by atoms with E-state index in [-0.39, 0.29) is 5.91 Å². The third-order valence-corrected chi connectivity index (χ3v) is 4.16. The van der Waals surface area contributed by atoms with E-state index in [9.17, 15) is 4.79 Å². The number of fused-ring (bicyclic) bond motifs is 1. The molecule has 1 aliphatic carbocycles. The molecule has 21 heavy (non-hydrogen) atoms. The summed E-state index contributed by atoms with van der Waals surface area (Å²) < 4.78 is 2.25. The minimum absolute atomic E-state index is 0.0905. The zero-order chi connectivity index (χ0) is 14.8. The fourth-order valence-corrected chi connectivity index (χ4v) is 3.06. The van der Waals surface area contributed by atoms with Crippen molar-refractivity contribution in [2.75, 3.05) is 20.6 Å². The molecular weight excluding hydrogens is 264 g/mol. The Labute approximate surface area is 125 Å². The van der Waals surface area contributed by atoms with Gasteiger partial charge in [0.25, 0.3) is 5.91 Å². The van der Waals surface area contributed by atoms with Gasteiger partial charge in [0, 0.05) is 20.1 Å². The Morgan fingerprint density at radius 1 is 1.38 bits per heavy atom. The highest BCUT2D eigenvalue weighted by atomic mass is 16.1. The lowest BCUT2D eigenvalue weighted by Crippen LogP contribution is -2.23. The maximum absolute atomic E-state index is 12.2. The van der Waals surface area contributed by atoms with Crippen LogP contribution in [0.5, 0.6) is 0 Å². The zero-order valence-corrected chi connectivity index (χ0v) is 12.7. The van der Waals surface area contributed by atoms with Crippen LogP contribution >= 0.6 is 0 Å². The summed E-state index contributed by atoms with van der Waals surface area (Å²) in [5.41, 5.74) is 2.86. The third-order valence-electron chi connectivity index (χ3n) is 4.16. The first kappa shape index (κ1) is 14.1. The summed E-state index contributed by atoms with van der Waals surface area (Å²) in [6.45, 7) is 2.76. The lowest BCUT2D eigenvalue weighted by atomic mass is 10.0. The van der Waals surface area contributed by atoms with Gasteiger partial charge in [-0.2, -0.15) is 0 Å². The maximum Gasteiger partial charge on any atom is 0.271 e. The van der Waals surface area contributed by atoms with Crippen LogP contribution in [0.4, 0.5) is 0 Å². The second-order valence-corrected chi connectivity index (χ2v) is 5.71. The normalized spacial score (nSPS) is 18.9. The molecule has 1 aliphatic heterocycles. The number of amides is 1. The van der Waals surface area contributed by atoms with Gasteiger partial charge in [0.05, 0.1) is 5.69 Å². The second kappa shape index (κ2) is 5.85. The maximum atomic E-state index is 12.2. The average Bonchev–Trinajstić information content (AvgIpc) is 2.74. The zero-order valence-electron chi connectivity index (χ0n) is 12.7. The van der Waals surface area contributed by atoms with Crippen molar-refractivity contribution < 1.29 is 4.79 Å². The Kier molecular flexibility index (Phi) is 3.92. The molecule has 0 fully saturated rings. The van der Waals surface area contributed by atoms with Crippen molar-refractivity contribution in [3.63, 3.8) is 0 Å². The van der Waals surface area contributed by atoms with E-state index in [4.69, 9.17) is 0 Å². The van der Waals surface area contributed by atoms with Gasteiger partial charge in [0.1, 0.15) is 5.82 Å². The average molecular weight is 286 g/mol. The smallest absolute Gasteiger partial charge is 0.271 e. The van der Waals surface area contributed by atoms with Crippen LogP contribution in [0.25, 0.3) is 5.57 Å². The summed E-state index contributed by atoms with van der Waals surface area (Å²) in [6, 6.07) is 0. The summed E-state index contributed by atoms with van der Waals surface area (Å²) in [5.74, 6) is 0.885. The first-order valence-electron chi connectivity index (χ1n) is 7.57. The molecule has 1 N–H and O–H groups in total. The van der Waals surface area contributed by atoms with E-state index in [1.165, 1.54) is 5.57 Å². The number of allylic oxidation sites excluding steroid dienone is 4. The Morgan fingerprint density at radius 3 is 2.95 bits per heavy atom. The summed E-state index contributed by atoms with van der Waals surface area (Å²) in [6.07, 6.45) is 9.51.